The maximum Gasteiger partial charge on any atom is 0.178 e. The lowest BCUT2D eigenvalue weighted by Gasteiger charge is -2.55. The van der Waals surface area contributed by atoms with Crippen molar-refractivity contribution >= 4 is 11.6 Å². The summed E-state index contributed by atoms with van der Waals surface area (Å²) in [5.74, 6) is 2.07. The summed E-state index contributed by atoms with van der Waals surface area (Å²) in [6.45, 7) is 4.52. The van der Waals surface area contributed by atoms with Crippen molar-refractivity contribution in [1.29, 1.82) is 0 Å². The van der Waals surface area contributed by atoms with Gasteiger partial charge >= 0.3 is 0 Å². The summed E-state index contributed by atoms with van der Waals surface area (Å²) in [5.41, 5.74) is 1.10. The first kappa shape index (κ1) is 16.2. The van der Waals surface area contributed by atoms with E-state index in [1.807, 2.05) is 16.8 Å². The standard InChI is InChI=1S/C22H26N2O2/c1-21-7-5-15(25)11-14(21)3-4-16-17(21)6-8-22(2)18(16)12-19(20(22)26)24-10-9-23-13-24/h5,7,9-11,13,16-19H,3-4,6,8,12H2,1-2H3/t16-,17+,18+,19?,21+,22+/m1/s1. The largest absolute Gasteiger partial charge is 0.327 e. The van der Waals surface area contributed by atoms with E-state index >= 15 is 0 Å². The molecule has 1 heterocycles. The van der Waals surface area contributed by atoms with Crippen LogP contribution in [-0.2, 0) is 9.59 Å². The lowest BCUT2D eigenvalue weighted by atomic mass is 9.48. The van der Waals surface area contributed by atoms with Crippen molar-refractivity contribution in [1.82, 2.24) is 9.55 Å². The molecule has 3 saturated carbocycles. The monoisotopic (exact) mass is 350 g/mol. The summed E-state index contributed by atoms with van der Waals surface area (Å²) in [5, 5.41) is 0. The molecule has 0 spiro atoms. The molecule has 1 aromatic rings. The van der Waals surface area contributed by atoms with Gasteiger partial charge in [0.1, 0.15) is 0 Å². The summed E-state index contributed by atoms with van der Waals surface area (Å²) in [6, 6.07) is -0.0560. The minimum Gasteiger partial charge on any atom is -0.327 e. The molecule has 1 unspecified atom stereocenters. The third kappa shape index (κ3) is 1.99. The molecule has 6 atom stereocenters. The summed E-state index contributed by atoms with van der Waals surface area (Å²) in [7, 11) is 0. The van der Waals surface area contributed by atoms with Gasteiger partial charge in [0.25, 0.3) is 0 Å². The molecule has 4 aliphatic carbocycles. The van der Waals surface area contributed by atoms with Crippen molar-refractivity contribution in [3.63, 3.8) is 0 Å². The molecule has 0 amide bonds. The number of ketones is 2. The number of hydrogen-bond donors (Lipinski definition) is 0. The predicted octanol–water partition coefficient (Wildman–Crippen LogP) is 3.91. The van der Waals surface area contributed by atoms with Gasteiger partial charge in [0.05, 0.1) is 12.4 Å². The van der Waals surface area contributed by atoms with Crippen LogP contribution in [0.3, 0.4) is 0 Å². The molecule has 0 N–H and O–H groups in total. The fourth-order valence-corrected chi connectivity index (χ4v) is 6.70. The minimum atomic E-state index is -0.206. The van der Waals surface area contributed by atoms with Gasteiger partial charge in [-0.25, -0.2) is 4.98 Å². The third-order valence-corrected chi connectivity index (χ3v) is 8.17. The number of nitrogens with zero attached hydrogens (tertiary/aromatic N) is 2. The van der Waals surface area contributed by atoms with E-state index in [0.29, 0.717) is 23.5 Å². The highest BCUT2D eigenvalue weighted by Crippen LogP contribution is 2.64. The maximum absolute atomic E-state index is 13.3. The van der Waals surface area contributed by atoms with Crippen molar-refractivity contribution in [2.75, 3.05) is 0 Å². The highest BCUT2D eigenvalue weighted by atomic mass is 16.1. The molecule has 26 heavy (non-hydrogen) atoms. The second-order valence-electron chi connectivity index (χ2n) is 9.19. The third-order valence-electron chi connectivity index (χ3n) is 8.17. The molecule has 1 aromatic heterocycles. The van der Waals surface area contributed by atoms with Gasteiger partial charge in [0.2, 0.25) is 0 Å². The summed E-state index contributed by atoms with van der Waals surface area (Å²) >= 11 is 0. The molecule has 0 aromatic carbocycles. The van der Waals surface area contributed by atoms with E-state index in [-0.39, 0.29) is 22.7 Å². The van der Waals surface area contributed by atoms with Crippen molar-refractivity contribution in [3.8, 4) is 0 Å². The van der Waals surface area contributed by atoms with E-state index in [4.69, 9.17) is 0 Å². The Morgan fingerprint density at radius 3 is 2.81 bits per heavy atom. The Bertz CT molecular complexity index is 836. The Kier molecular flexibility index (Phi) is 3.29. The predicted molar refractivity (Wildman–Crippen MR) is 98.3 cm³/mol. The van der Waals surface area contributed by atoms with Crippen molar-refractivity contribution in [2.24, 2.45) is 28.6 Å². The normalized spacial score (nSPS) is 44.3. The van der Waals surface area contributed by atoms with Gasteiger partial charge in [-0.05, 0) is 62.0 Å². The summed E-state index contributed by atoms with van der Waals surface area (Å²) in [6.07, 6.45) is 16.4. The van der Waals surface area contributed by atoms with Crippen molar-refractivity contribution < 1.29 is 9.59 Å². The first-order valence-electron chi connectivity index (χ1n) is 9.89. The lowest BCUT2D eigenvalue weighted by Crippen LogP contribution is -2.49. The molecule has 0 saturated heterocycles. The molecule has 0 radical (unpaired) electrons. The maximum atomic E-state index is 13.3. The number of Topliss-reactive ketones (excluding diaryl/α,β-unsaturated/α-hetero) is 1. The van der Waals surface area contributed by atoms with Crippen molar-refractivity contribution in [3.05, 3.63) is 42.5 Å². The molecular formula is C22H26N2O2. The number of allylic oxidation sites excluding steroid dienone is 4. The number of imidazole rings is 1. The van der Waals surface area contributed by atoms with Crippen molar-refractivity contribution in [2.45, 2.75) is 52.0 Å². The average Bonchev–Trinajstić information content (AvgIpc) is 3.23. The zero-order chi connectivity index (χ0) is 18.1. The summed E-state index contributed by atoms with van der Waals surface area (Å²) in [4.78, 5) is 29.3. The fourth-order valence-electron chi connectivity index (χ4n) is 6.70. The van der Waals surface area contributed by atoms with Gasteiger partial charge in [-0.1, -0.05) is 25.5 Å². The Hall–Kier alpha value is -1.97. The van der Waals surface area contributed by atoms with Gasteiger partial charge in [0.15, 0.2) is 11.6 Å². The van der Waals surface area contributed by atoms with Crippen LogP contribution in [0.15, 0.2) is 42.5 Å². The van der Waals surface area contributed by atoms with E-state index in [1.165, 1.54) is 5.57 Å². The zero-order valence-corrected chi connectivity index (χ0v) is 15.5. The molecule has 4 nitrogen and oxygen atoms in total. The molecular weight excluding hydrogens is 324 g/mol. The highest BCUT2D eigenvalue weighted by molar-refractivity contribution is 6.01. The number of fused-ring (bicyclic) bond motifs is 5. The topological polar surface area (TPSA) is 52.0 Å². The average molecular weight is 350 g/mol. The van der Waals surface area contributed by atoms with Crippen LogP contribution in [0, 0.1) is 28.6 Å². The number of carbonyl (C=O) groups excluding carboxylic acids is 2. The molecule has 5 rings (SSSR count). The van der Waals surface area contributed by atoms with Gasteiger partial charge < -0.3 is 4.57 Å². The molecule has 4 aliphatic rings. The number of carbonyl (C=O) groups is 2. The van der Waals surface area contributed by atoms with E-state index in [1.54, 1.807) is 18.6 Å². The van der Waals surface area contributed by atoms with Crippen LogP contribution in [0.5, 0.6) is 0 Å². The highest BCUT2D eigenvalue weighted by Gasteiger charge is 2.61. The smallest absolute Gasteiger partial charge is 0.178 e. The van der Waals surface area contributed by atoms with Crippen LogP contribution in [0.2, 0.25) is 0 Å². The Labute approximate surface area is 154 Å². The van der Waals surface area contributed by atoms with Crippen LogP contribution < -0.4 is 0 Å². The quantitative estimate of drug-likeness (QED) is 0.771. The summed E-state index contributed by atoms with van der Waals surface area (Å²) < 4.78 is 2.01. The first-order valence-corrected chi connectivity index (χ1v) is 9.89. The minimum absolute atomic E-state index is 0.00566. The van der Waals surface area contributed by atoms with Gasteiger partial charge in [-0.2, -0.15) is 0 Å². The molecule has 0 aliphatic heterocycles. The number of rotatable bonds is 1. The molecule has 4 heteroatoms. The Morgan fingerprint density at radius 2 is 2.04 bits per heavy atom. The first-order chi connectivity index (χ1) is 12.4. The number of hydrogen-bond acceptors (Lipinski definition) is 3. The van der Waals surface area contributed by atoms with Crippen LogP contribution in [-0.4, -0.2) is 21.1 Å². The van der Waals surface area contributed by atoms with Crippen LogP contribution in [0.4, 0.5) is 0 Å². The van der Waals surface area contributed by atoms with Crippen LogP contribution >= 0.6 is 0 Å². The van der Waals surface area contributed by atoms with E-state index in [0.717, 1.165) is 32.1 Å². The lowest BCUT2D eigenvalue weighted by molar-refractivity contribution is -0.133. The zero-order valence-electron chi connectivity index (χ0n) is 15.5. The second kappa shape index (κ2) is 5.28. The van der Waals surface area contributed by atoms with Gasteiger partial charge in [-0.3, -0.25) is 9.59 Å². The fraction of sp³-hybridized carbons (Fsp3) is 0.591. The van der Waals surface area contributed by atoms with Crippen LogP contribution in [0.25, 0.3) is 0 Å². The van der Waals surface area contributed by atoms with Crippen LogP contribution in [0.1, 0.15) is 52.0 Å². The van der Waals surface area contributed by atoms with E-state index < -0.39 is 0 Å². The number of aromatic nitrogens is 2. The molecule has 136 valence electrons. The van der Waals surface area contributed by atoms with E-state index in [2.05, 4.69) is 24.9 Å². The Morgan fingerprint density at radius 1 is 1.19 bits per heavy atom. The van der Waals surface area contributed by atoms with Gasteiger partial charge in [0, 0.05) is 23.2 Å². The molecule has 0 bridgehead atoms. The molecule has 3 fully saturated rings. The van der Waals surface area contributed by atoms with Gasteiger partial charge in [-0.15, -0.1) is 0 Å². The van der Waals surface area contributed by atoms with E-state index in [9.17, 15) is 9.59 Å². The second-order valence-corrected chi connectivity index (χ2v) is 9.19. The SMILES string of the molecule is C[C@]12C=CC(=O)C=C1CC[C@@H]1[C@@H]2CC[C@]2(C)C(=O)C(n3ccnc3)C[C@@H]12. The Balaban J connectivity index is 1.51.